The standard InChI is InChI=1S/C17H37NO/c1-5-7-8-9-10-11-12-13-14-15-17(3,4)18-16(19)6-2/h16,18-19H,5-15H2,1-4H3. The van der Waals surface area contributed by atoms with E-state index >= 15 is 0 Å². The monoisotopic (exact) mass is 271 g/mol. The lowest BCUT2D eigenvalue weighted by Gasteiger charge is -2.29. The number of hydrogen-bond donors (Lipinski definition) is 2. The molecule has 0 radical (unpaired) electrons. The lowest BCUT2D eigenvalue weighted by atomic mass is 9.95. The van der Waals surface area contributed by atoms with Gasteiger partial charge in [-0.15, -0.1) is 0 Å². The summed E-state index contributed by atoms with van der Waals surface area (Å²) < 4.78 is 0. The number of nitrogens with one attached hydrogen (secondary N) is 1. The highest BCUT2D eigenvalue weighted by molar-refractivity contribution is 4.78. The van der Waals surface area contributed by atoms with Crippen molar-refractivity contribution in [2.45, 2.75) is 110 Å². The van der Waals surface area contributed by atoms with Gasteiger partial charge in [0.15, 0.2) is 0 Å². The average molecular weight is 271 g/mol. The highest BCUT2D eigenvalue weighted by Crippen LogP contribution is 2.17. The predicted molar refractivity (Wildman–Crippen MR) is 85.4 cm³/mol. The fourth-order valence-electron chi connectivity index (χ4n) is 2.50. The van der Waals surface area contributed by atoms with Gasteiger partial charge in [-0.1, -0.05) is 71.6 Å². The smallest absolute Gasteiger partial charge is 0.105 e. The molecule has 0 aliphatic rings. The molecular formula is C17H37NO. The van der Waals surface area contributed by atoms with E-state index in [4.69, 9.17) is 0 Å². The topological polar surface area (TPSA) is 32.3 Å². The van der Waals surface area contributed by atoms with Gasteiger partial charge >= 0.3 is 0 Å². The van der Waals surface area contributed by atoms with Crippen molar-refractivity contribution >= 4 is 0 Å². The second-order valence-electron chi connectivity index (χ2n) is 6.53. The van der Waals surface area contributed by atoms with Crippen LogP contribution in [0.5, 0.6) is 0 Å². The van der Waals surface area contributed by atoms with Crippen LogP contribution in [0.1, 0.15) is 98.3 Å². The Morgan fingerprint density at radius 1 is 0.842 bits per heavy atom. The third kappa shape index (κ3) is 12.7. The van der Waals surface area contributed by atoms with Crippen molar-refractivity contribution in [2.75, 3.05) is 0 Å². The van der Waals surface area contributed by atoms with Gasteiger partial charge in [0.2, 0.25) is 0 Å². The Labute approximate surface area is 121 Å². The minimum Gasteiger partial charge on any atom is -0.379 e. The van der Waals surface area contributed by atoms with Crippen molar-refractivity contribution < 1.29 is 5.11 Å². The molecule has 0 amide bonds. The molecule has 0 rings (SSSR count). The van der Waals surface area contributed by atoms with E-state index in [1.54, 1.807) is 0 Å². The molecule has 0 spiro atoms. The molecule has 0 fully saturated rings. The van der Waals surface area contributed by atoms with Gasteiger partial charge in [-0.3, -0.25) is 5.32 Å². The molecule has 0 saturated carbocycles. The molecule has 19 heavy (non-hydrogen) atoms. The normalized spacial score (nSPS) is 13.7. The van der Waals surface area contributed by atoms with Gasteiger partial charge in [0.25, 0.3) is 0 Å². The predicted octanol–water partition coefficient (Wildman–Crippen LogP) is 5.00. The molecule has 0 aromatic rings. The molecule has 2 heteroatoms. The fraction of sp³-hybridized carbons (Fsp3) is 1.00. The first-order valence-corrected chi connectivity index (χ1v) is 8.47. The maximum atomic E-state index is 9.63. The van der Waals surface area contributed by atoms with Crippen LogP contribution in [-0.2, 0) is 0 Å². The Bertz CT molecular complexity index is 192. The first-order valence-electron chi connectivity index (χ1n) is 8.47. The van der Waals surface area contributed by atoms with Crippen LogP contribution in [-0.4, -0.2) is 16.9 Å². The van der Waals surface area contributed by atoms with Gasteiger partial charge in [-0.2, -0.15) is 0 Å². The second-order valence-corrected chi connectivity index (χ2v) is 6.53. The molecular weight excluding hydrogens is 234 g/mol. The first-order chi connectivity index (χ1) is 9.02. The Kier molecular flexibility index (Phi) is 11.7. The van der Waals surface area contributed by atoms with E-state index in [-0.39, 0.29) is 11.8 Å². The van der Waals surface area contributed by atoms with E-state index in [0.717, 1.165) is 12.8 Å². The summed E-state index contributed by atoms with van der Waals surface area (Å²) in [6.07, 6.45) is 13.9. The summed E-state index contributed by atoms with van der Waals surface area (Å²) in [7, 11) is 0. The number of rotatable bonds is 13. The molecule has 1 unspecified atom stereocenters. The molecule has 0 aromatic heterocycles. The van der Waals surface area contributed by atoms with Crippen LogP contribution in [0.25, 0.3) is 0 Å². The van der Waals surface area contributed by atoms with Crippen LogP contribution < -0.4 is 5.32 Å². The lowest BCUT2D eigenvalue weighted by Crippen LogP contribution is -2.45. The summed E-state index contributed by atoms with van der Waals surface area (Å²) in [6, 6.07) is 0. The van der Waals surface area contributed by atoms with Gasteiger partial charge in [0, 0.05) is 5.54 Å². The van der Waals surface area contributed by atoms with E-state index in [2.05, 4.69) is 26.1 Å². The van der Waals surface area contributed by atoms with Gasteiger partial charge in [0.05, 0.1) is 0 Å². The highest BCUT2D eigenvalue weighted by Gasteiger charge is 2.19. The van der Waals surface area contributed by atoms with Crippen LogP contribution in [0.3, 0.4) is 0 Å². The Balaban J connectivity index is 3.37. The van der Waals surface area contributed by atoms with Crippen LogP contribution in [0.2, 0.25) is 0 Å². The summed E-state index contributed by atoms with van der Waals surface area (Å²) in [5, 5.41) is 12.9. The molecule has 0 saturated heterocycles. The molecule has 0 heterocycles. The molecule has 0 aliphatic carbocycles. The Morgan fingerprint density at radius 3 is 1.79 bits per heavy atom. The minimum atomic E-state index is -0.353. The Morgan fingerprint density at radius 2 is 1.32 bits per heavy atom. The molecule has 2 N–H and O–H groups in total. The fourth-order valence-corrected chi connectivity index (χ4v) is 2.50. The zero-order valence-corrected chi connectivity index (χ0v) is 13.8. The van der Waals surface area contributed by atoms with Crippen molar-refractivity contribution in [3.8, 4) is 0 Å². The summed E-state index contributed by atoms with van der Waals surface area (Å²) in [4.78, 5) is 0. The minimum absolute atomic E-state index is 0.0660. The summed E-state index contributed by atoms with van der Waals surface area (Å²) >= 11 is 0. The van der Waals surface area contributed by atoms with Crippen molar-refractivity contribution in [2.24, 2.45) is 0 Å². The largest absolute Gasteiger partial charge is 0.379 e. The average Bonchev–Trinajstić information content (AvgIpc) is 2.36. The second kappa shape index (κ2) is 11.7. The van der Waals surface area contributed by atoms with E-state index in [0.29, 0.717) is 0 Å². The number of unbranched alkanes of at least 4 members (excludes halogenated alkanes) is 8. The number of hydrogen-bond acceptors (Lipinski definition) is 2. The van der Waals surface area contributed by atoms with Gasteiger partial charge in [0.1, 0.15) is 6.23 Å². The molecule has 116 valence electrons. The van der Waals surface area contributed by atoms with E-state index in [1.165, 1.54) is 57.8 Å². The quantitative estimate of drug-likeness (QED) is 0.365. The molecule has 1 atom stereocenters. The van der Waals surface area contributed by atoms with E-state index in [9.17, 15) is 5.11 Å². The third-order valence-electron chi connectivity index (χ3n) is 3.85. The molecule has 0 aromatic carbocycles. The zero-order chi connectivity index (χ0) is 14.6. The van der Waals surface area contributed by atoms with Crippen molar-refractivity contribution in [3.05, 3.63) is 0 Å². The van der Waals surface area contributed by atoms with Crippen molar-refractivity contribution in [1.29, 1.82) is 0 Å². The van der Waals surface area contributed by atoms with Crippen LogP contribution in [0, 0.1) is 0 Å². The molecule has 0 bridgehead atoms. The maximum Gasteiger partial charge on any atom is 0.105 e. The van der Waals surface area contributed by atoms with Crippen LogP contribution in [0.4, 0.5) is 0 Å². The van der Waals surface area contributed by atoms with Crippen LogP contribution in [0.15, 0.2) is 0 Å². The SMILES string of the molecule is CCCCCCCCCCCC(C)(C)NC(O)CC. The Hall–Kier alpha value is -0.0800. The maximum absolute atomic E-state index is 9.63. The zero-order valence-electron chi connectivity index (χ0n) is 13.8. The first kappa shape index (κ1) is 18.9. The summed E-state index contributed by atoms with van der Waals surface area (Å²) in [5.41, 5.74) is 0.0660. The number of aliphatic hydroxyl groups is 1. The third-order valence-corrected chi connectivity index (χ3v) is 3.85. The molecule has 2 nitrogen and oxygen atoms in total. The number of aliphatic hydroxyl groups excluding tert-OH is 1. The van der Waals surface area contributed by atoms with Crippen molar-refractivity contribution in [1.82, 2.24) is 5.32 Å². The molecule has 0 aliphatic heterocycles. The van der Waals surface area contributed by atoms with Gasteiger partial charge in [-0.25, -0.2) is 0 Å². The highest BCUT2D eigenvalue weighted by atomic mass is 16.3. The van der Waals surface area contributed by atoms with Crippen molar-refractivity contribution in [3.63, 3.8) is 0 Å². The van der Waals surface area contributed by atoms with Gasteiger partial charge in [-0.05, 0) is 26.7 Å². The van der Waals surface area contributed by atoms with E-state index < -0.39 is 0 Å². The lowest BCUT2D eigenvalue weighted by molar-refractivity contribution is 0.0935. The summed E-state index contributed by atoms with van der Waals surface area (Å²) in [6.45, 7) is 8.66. The van der Waals surface area contributed by atoms with Crippen LogP contribution >= 0.6 is 0 Å². The summed E-state index contributed by atoms with van der Waals surface area (Å²) in [5.74, 6) is 0. The van der Waals surface area contributed by atoms with Gasteiger partial charge < -0.3 is 5.11 Å². The van der Waals surface area contributed by atoms with E-state index in [1.807, 2.05) is 6.92 Å².